The van der Waals surface area contributed by atoms with Crippen LogP contribution in [0.15, 0.2) is 77.2 Å². The summed E-state index contributed by atoms with van der Waals surface area (Å²) in [5.41, 5.74) is 5.26. The number of hydrogen-bond donors (Lipinski definition) is 1. The lowest BCUT2D eigenvalue weighted by Gasteiger charge is -2.35. The minimum Gasteiger partial charge on any atom is -0.455 e. The van der Waals surface area contributed by atoms with Gasteiger partial charge in [0.1, 0.15) is 41.6 Å². The van der Waals surface area contributed by atoms with Crippen LogP contribution in [0.3, 0.4) is 0 Å². The van der Waals surface area contributed by atoms with Gasteiger partial charge in [0.05, 0.1) is 46.3 Å². The molecular formula is C38H31F2N7O4S. The first kappa shape index (κ1) is 33.2. The highest BCUT2D eigenvalue weighted by atomic mass is 32.2. The normalized spacial score (nSPS) is 14.6. The smallest absolute Gasteiger partial charge is 0.395 e. The fraction of sp³-hybridized carbons (Fsp3) is 0.211. The van der Waals surface area contributed by atoms with Crippen molar-refractivity contribution in [2.75, 3.05) is 37.7 Å². The highest BCUT2D eigenvalue weighted by molar-refractivity contribution is 7.92. The molecule has 0 saturated carbocycles. The van der Waals surface area contributed by atoms with Gasteiger partial charge in [0.15, 0.2) is 0 Å². The van der Waals surface area contributed by atoms with E-state index in [1.54, 1.807) is 51.8 Å². The van der Waals surface area contributed by atoms with Crippen LogP contribution in [0.2, 0.25) is 0 Å². The van der Waals surface area contributed by atoms with E-state index in [1.165, 1.54) is 20.2 Å². The molecule has 1 fully saturated rings. The molecule has 0 radical (unpaired) electrons. The number of aromatic nitrogens is 3. The molecule has 4 aromatic heterocycles. The van der Waals surface area contributed by atoms with Crippen LogP contribution >= 0.6 is 0 Å². The highest BCUT2D eigenvalue weighted by Crippen LogP contribution is 2.42. The number of nitrogens with one attached hydrogen (secondary N) is 1. The maximum absolute atomic E-state index is 15.2. The molecule has 0 bridgehead atoms. The van der Waals surface area contributed by atoms with Gasteiger partial charge in [-0.2, -0.15) is 4.39 Å². The Labute approximate surface area is 297 Å². The van der Waals surface area contributed by atoms with Crippen LogP contribution < -0.4 is 9.62 Å². The lowest BCUT2D eigenvalue weighted by Crippen LogP contribution is -2.56. The Morgan fingerprint density at radius 1 is 1.06 bits per heavy atom. The van der Waals surface area contributed by atoms with Gasteiger partial charge in [-0.05, 0) is 43.3 Å². The van der Waals surface area contributed by atoms with Crippen LogP contribution in [-0.4, -0.2) is 72.8 Å². The fourth-order valence-corrected chi connectivity index (χ4v) is 7.39. The van der Waals surface area contributed by atoms with Gasteiger partial charge in [-0.15, -0.1) is 0 Å². The quantitative estimate of drug-likeness (QED) is 0.144. The summed E-state index contributed by atoms with van der Waals surface area (Å²) in [6.45, 7) is 9.19. The van der Waals surface area contributed by atoms with Gasteiger partial charge in [0.25, 0.3) is 5.91 Å². The molecule has 1 saturated heterocycles. The summed E-state index contributed by atoms with van der Waals surface area (Å²) in [5, 5.41) is 3.48. The molecule has 7 aromatic rings. The number of furan rings is 1. The molecule has 1 aliphatic heterocycles. The van der Waals surface area contributed by atoms with Crippen LogP contribution in [-0.2, 0) is 16.6 Å². The van der Waals surface area contributed by atoms with Gasteiger partial charge >= 0.3 is 5.79 Å². The van der Waals surface area contributed by atoms with E-state index >= 15 is 4.39 Å². The third kappa shape index (κ3) is 5.32. The first-order chi connectivity index (χ1) is 24.8. The number of anilines is 1. The van der Waals surface area contributed by atoms with E-state index in [1.807, 2.05) is 31.2 Å². The Morgan fingerprint density at radius 3 is 2.50 bits per heavy atom. The Hall–Kier alpha value is -5.91. The molecule has 1 aliphatic rings. The number of hydrogen-bond acceptors (Lipinski definition) is 7. The number of carbonyl (C=O) groups is 1. The summed E-state index contributed by atoms with van der Waals surface area (Å²) < 4.78 is 64.9. The number of sulfonamides is 1. The SMILES string of the molecule is [C-]#[N+]C1(F)CN(Cc2nc3ccc(-c4cc5c(C(=O)NC)c(-c6ccc(C)cc6)oc5cc4N(C)S(C)(=O)=O)nc3c3cc4c(F)cccc4n23)C1. The number of pyridine rings is 1. The highest BCUT2D eigenvalue weighted by Gasteiger charge is 2.50. The number of fused-ring (bicyclic) bond motifs is 6. The monoisotopic (exact) mass is 719 g/mol. The second-order valence-electron chi connectivity index (χ2n) is 13.2. The number of halogens is 2. The zero-order valence-corrected chi connectivity index (χ0v) is 29.3. The van der Waals surface area contributed by atoms with Crippen LogP contribution in [0.1, 0.15) is 21.7 Å². The molecule has 3 aromatic carbocycles. The minimum atomic E-state index is -3.78. The predicted molar refractivity (Wildman–Crippen MR) is 196 cm³/mol. The third-order valence-electron chi connectivity index (χ3n) is 9.60. The number of rotatable bonds is 7. The van der Waals surface area contributed by atoms with Gasteiger partial charge in [-0.3, -0.25) is 23.2 Å². The molecule has 0 atom stereocenters. The zero-order valence-electron chi connectivity index (χ0n) is 28.5. The van der Waals surface area contributed by atoms with Gasteiger partial charge in [0, 0.05) is 42.1 Å². The summed E-state index contributed by atoms with van der Waals surface area (Å²) >= 11 is 0. The van der Waals surface area contributed by atoms with E-state index < -0.39 is 21.6 Å². The summed E-state index contributed by atoms with van der Waals surface area (Å²) in [4.78, 5) is 28.2. The Kier molecular flexibility index (Phi) is 7.56. The molecule has 5 heterocycles. The summed E-state index contributed by atoms with van der Waals surface area (Å²) in [5.74, 6) is -1.93. The van der Waals surface area contributed by atoms with Crippen molar-refractivity contribution in [2.45, 2.75) is 19.3 Å². The van der Waals surface area contributed by atoms with E-state index in [4.69, 9.17) is 21.0 Å². The molecule has 1 N–H and O–H groups in total. The van der Waals surface area contributed by atoms with Crippen molar-refractivity contribution in [3.63, 3.8) is 0 Å². The van der Waals surface area contributed by atoms with E-state index in [9.17, 15) is 17.6 Å². The second-order valence-corrected chi connectivity index (χ2v) is 15.2. The molecule has 8 rings (SSSR count). The average Bonchev–Trinajstić information content (AvgIpc) is 3.69. The van der Waals surface area contributed by atoms with Crippen LogP contribution in [0.4, 0.5) is 14.5 Å². The Morgan fingerprint density at radius 2 is 1.81 bits per heavy atom. The summed E-state index contributed by atoms with van der Waals surface area (Å²) in [6, 6.07) is 20.7. The lowest BCUT2D eigenvalue weighted by molar-refractivity contribution is -0.00387. The van der Waals surface area contributed by atoms with Crippen molar-refractivity contribution in [2.24, 2.45) is 0 Å². The molecule has 0 aliphatic carbocycles. The summed E-state index contributed by atoms with van der Waals surface area (Å²) in [7, 11) is -0.835. The van der Waals surface area contributed by atoms with Gasteiger partial charge < -0.3 is 9.73 Å². The van der Waals surface area contributed by atoms with Crippen LogP contribution in [0.25, 0.3) is 65.8 Å². The van der Waals surface area contributed by atoms with Crippen molar-refractivity contribution in [1.29, 1.82) is 0 Å². The van der Waals surface area contributed by atoms with Gasteiger partial charge in [-0.1, -0.05) is 35.9 Å². The molecule has 262 valence electrons. The zero-order chi connectivity index (χ0) is 36.7. The van der Waals surface area contributed by atoms with Gasteiger partial charge in [0.2, 0.25) is 10.0 Å². The molecule has 0 unspecified atom stereocenters. The number of amides is 1. The average molecular weight is 720 g/mol. The third-order valence-corrected chi connectivity index (χ3v) is 10.8. The lowest BCUT2D eigenvalue weighted by atomic mass is 10.00. The van der Waals surface area contributed by atoms with Crippen molar-refractivity contribution < 1.29 is 26.4 Å². The van der Waals surface area contributed by atoms with Crippen LogP contribution in [0.5, 0.6) is 0 Å². The van der Waals surface area contributed by atoms with Crippen molar-refractivity contribution in [3.8, 4) is 22.6 Å². The van der Waals surface area contributed by atoms with Crippen LogP contribution in [0, 0.1) is 19.3 Å². The van der Waals surface area contributed by atoms with Crippen molar-refractivity contribution in [3.05, 3.63) is 107 Å². The first-order valence-corrected chi connectivity index (χ1v) is 18.2. The van der Waals surface area contributed by atoms with Gasteiger partial charge in [-0.25, -0.2) is 29.3 Å². The molecule has 1 amide bonds. The summed E-state index contributed by atoms with van der Waals surface area (Å²) in [6.07, 6.45) is 1.09. The van der Waals surface area contributed by atoms with E-state index in [-0.39, 0.29) is 36.8 Å². The second kappa shape index (κ2) is 11.8. The largest absolute Gasteiger partial charge is 0.455 e. The minimum absolute atomic E-state index is 0.0702. The Balaban J connectivity index is 1.38. The topological polar surface area (TPSA) is 117 Å². The molecule has 11 nitrogen and oxygen atoms in total. The number of likely N-dealkylation sites (tertiary alicyclic amines) is 1. The van der Waals surface area contributed by atoms with Crippen molar-refractivity contribution in [1.82, 2.24) is 24.6 Å². The number of aryl methyl sites for hydroxylation is 1. The number of alkyl halides is 1. The molecular weight excluding hydrogens is 689 g/mol. The fourth-order valence-electron chi connectivity index (χ4n) is 6.88. The number of nitrogens with zero attached hydrogens (tertiary/aromatic N) is 6. The molecule has 0 spiro atoms. The number of benzene rings is 3. The van der Waals surface area contributed by atoms with E-state index in [0.717, 1.165) is 16.1 Å². The first-order valence-electron chi connectivity index (χ1n) is 16.3. The van der Waals surface area contributed by atoms with E-state index in [0.29, 0.717) is 66.8 Å². The van der Waals surface area contributed by atoms with E-state index in [2.05, 4.69) is 10.2 Å². The van der Waals surface area contributed by atoms with Crippen molar-refractivity contribution >= 4 is 60.0 Å². The predicted octanol–water partition coefficient (Wildman–Crippen LogP) is 6.72. The molecule has 14 heteroatoms. The Bertz CT molecular complexity index is 2780. The molecule has 52 heavy (non-hydrogen) atoms. The maximum atomic E-state index is 15.2. The standard InChI is InChI=1S/C38H31F2N7O4S/c1-21-9-11-22(12-10-21)36-34(37(48)41-2)25-15-24(30(17-32(25)51-36)45(4)52(5,49)50)27-13-14-28-35(44-27)31-16-23-26(39)7-6-8-29(23)47(31)33(43-28)18-46-19-38(40,20-46)42-3/h6-17H,18-20H2,1-2,4-5H3,(H,41,48). The maximum Gasteiger partial charge on any atom is 0.395 e. The number of carbonyl (C=O) groups excluding carboxylic acids is 1.